The van der Waals surface area contributed by atoms with Crippen LogP contribution in [0.4, 0.5) is 5.69 Å². The van der Waals surface area contributed by atoms with Gasteiger partial charge in [0.25, 0.3) is 0 Å². The van der Waals surface area contributed by atoms with Gasteiger partial charge in [0.1, 0.15) is 0 Å². The summed E-state index contributed by atoms with van der Waals surface area (Å²) in [6.45, 7) is 1.18. The van der Waals surface area contributed by atoms with Crippen LogP contribution in [0.5, 0.6) is 0 Å². The van der Waals surface area contributed by atoms with Gasteiger partial charge in [-0.05, 0) is 66.5 Å². The lowest BCUT2D eigenvalue weighted by molar-refractivity contribution is 0.457. The number of fused-ring (bicyclic) bond motifs is 1. The fraction of sp³-hybridized carbons (Fsp3) is 0.571. The van der Waals surface area contributed by atoms with E-state index < -0.39 is 0 Å². The summed E-state index contributed by atoms with van der Waals surface area (Å²) in [5.41, 5.74) is 9.65. The average Bonchev–Trinajstić information content (AvgIpc) is 2.94. The molecule has 1 saturated heterocycles. The molecule has 17 heavy (non-hydrogen) atoms. The normalized spacial score (nSPS) is 27.3. The maximum atomic E-state index is 5.83. The van der Waals surface area contributed by atoms with E-state index in [0.29, 0.717) is 6.04 Å². The molecule has 3 N–H and O–H groups in total. The smallest absolute Gasteiger partial charge is 0.0326 e. The molecule has 2 atom stereocenters. The Labute approximate surface area is 107 Å². The first-order valence-corrected chi connectivity index (χ1v) is 7.68. The molecular weight excluding hydrogens is 228 g/mol. The van der Waals surface area contributed by atoms with Gasteiger partial charge in [-0.3, -0.25) is 0 Å². The van der Waals surface area contributed by atoms with Crippen LogP contribution in [0.25, 0.3) is 0 Å². The van der Waals surface area contributed by atoms with Crippen molar-refractivity contribution < 1.29 is 0 Å². The molecule has 1 fully saturated rings. The summed E-state index contributed by atoms with van der Waals surface area (Å²) in [5, 5.41) is 3.75. The van der Waals surface area contributed by atoms with Gasteiger partial charge in [0.15, 0.2) is 0 Å². The Kier molecular flexibility index (Phi) is 3.30. The second kappa shape index (κ2) is 4.91. The standard InChI is InChI=1S/C14H20N2S/c15-12-2-3-13-11(7-12)1-4-14(13)16-8-10-5-6-17-9-10/h2-3,7,10,14,16H,1,4-6,8-9,15H2. The van der Waals surface area contributed by atoms with Crippen LogP contribution in [0, 0.1) is 5.92 Å². The van der Waals surface area contributed by atoms with E-state index in [2.05, 4.69) is 29.2 Å². The van der Waals surface area contributed by atoms with Crippen molar-refractivity contribution in [3.63, 3.8) is 0 Å². The van der Waals surface area contributed by atoms with Gasteiger partial charge < -0.3 is 11.1 Å². The first-order valence-electron chi connectivity index (χ1n) is 6.52. The zero-order chi connectivity index (χ0) is 11.7. The van der Waals surface area contributed by atoms with Crippen molar-refractivity contribution in [3.05, 3.63) is 29.3 Å². The molecule has 0 spiro atoms. The van der Waals surface area contributed by atoms with Gasteiger partial charge >= 0.3 is 0 Å². The zero-order valence-corrected chi connectivity index (χ0v) is 10.9. The molecule has 1 aliphatic carbocycles. The number of hydrogen-bond acceptors (Lipinski definition) is 3. The number of anilines is 1. The topological polar surface area (TPSA) is 38.0 Å². The van der Waals surface area contributed by atoms with Gasteiger partial charge in [-0.15, -0.1) is 0 Å². The van der Waals surface area contributed by atoms with E-state index in [4.69, 9.17) is 5.73 Å². The van der Waals surface area contributed by atoms with Crippen LogP contribution in [0.3, 0.4) is 0 Å². The second-order valence-electron chi connectivity index (χ2n) is 5.19. The van der Waals surface area contributed by atoms with E-state index in [1.165, 1.54) is 48.4 Å². The third-order valence-corrected chi connectivity index (χ3v) is 5.15. The van der Waals surface area contributed by atoms with Crippen molar-refractivity contribution in [1.29, 1.82) is 0 Å². The molecular formula is C14H20N2S. The number of aryl methyl sites for hydroxylation is 1. The summed E-state index contributed by atoms with van der Waals surface area (Å²) in [5.74, 6) is 3.58. The average molecular weight is 248 g/mol. The van der Waals surface area contributed by atoms with Crippen LogP contribution in [-0.2, 0) is 6.42 Å². The second-order valence-corrected chi connectivity index (χ2v) is 6.34. The van der Waals surface area contributed by atoms with Gasteiger partial charge in [-0.1, -0.05) is 6.07 Å². The Morgan fingerprint density at radius 3 is 3.12 bits per heavy atom. The third kappa shape index (κ3) is 2.45. The van der Waals surface area contributed by atoms with Crippen LogP contribution in [-0.4, -0.2) is 18.1 Å². The molecule has 2 nitrogen and oxygen atoms in total. The molecule has 1 heterocycles. The van der Waals surface area contributed by atoms with Crippen LogP contribution in [0.2, 0.25) is 0 Å². The first kappa shape index (κ1) is 11.4. The highest BCUT2D eigenvalue weighted by Gasteiger charge is 2.23. The lowest BCUT2D eigenvalue weighted by Crippen LogP contribution is -2.26. The molecule has 0 bridgehead atoms. The van der Waals surface area contributed by atoms with E-state index >= 15 is 0 Å². The van der Waals surface area contributed by atoms with Gasteiger partial charge in [0, 0.05) is 11.7 Å². The Hall–Kier alpha value is -0.670. The highest BCUT2D eigenvalue weighted by molar-refractivity contribution is 7.99. The van der Waals surface area contributed by atoms with Crippen molar-refractivity contribution in [2.24, 2.45) is 5.92 Å². The van der Waals surface area contributed by atoms with E-state index in [1.807, 2.05) is 6.07 Å². The molecule has 3 rings (SSSR count). The molecule has 2 unspecified atom stereocenters. The quantitative estimate of drug-likeness (QED) is 0.808. The molecule has 0 amide bonds. The maximum absolute atomic E-state index is 5.83. The van der Waals surface area contributed by atoms with Gasteiger partial charge in [-0.2, -0.15) is 11.8 Å². The Morgan fingerprint density at radius 1 is 1.35 bits per heavy atom. The van der Waals surface area contributed by atoms with Gasteiger partial charge in [0.2, 0.25) is 0 Å². The van der Waals surface area contributed by atoms with Crippen LogP contribution >= 0.6 is 11.8 Å². The SMILES string of the molecule is Nc1ccc2c(c1)CCC2NCC1CCSC1. The van der Waals surface area contributed by atoms with E-state index in [0.717, 1.165) is 11.6 Å². The number of nitrogens with one attached hydrogen (secondary N) is 1. The van der Waals surface area contributed by atoms with Crippen molar-refractivity contribution in [2.45, 2.75) is 25.3 Å². The summed E-state index contributed by atoms with van der Waals surface area (Å²) in [4.78, 5) is 0. The summed E-state index contributed by atoms with van der Waals surface area (Å²) in [6.07, 6.45) is 3.80. The molecule has 0 saturated carbocycles. The van der Waals surface area contributed by atoms with Crippen molar-refractivity contribution in [2.75, 3.05) is 23.8 Å². The maximum Gasteiger partial charge on any atom is 0.0326 e. The Bertz CT molecular complexity index is 399. The summed E-state index contributed by atoms with van der Waals surface area (Å²) in [7, 11) is 0. The van der Waals surface area contributed by atoms with E-state index in [9.17, 15) is 0 Å². The van der Waals surface area contributed by atoms with Crippen LogP contribution < -0.4 is 11.1 Å². The highest BCUT2D eigenvalue weighted by Crippen LogP contribution is 2.33. The molecule has 1 aliphatic heterocycles. The molecule has 1 aromatic rings. The Morgan fingerprint density at radius 2 is 2.29 bits per heavy atom. The van der Waals surface area contributed by atoms with Crippen LogP contribution in [0.1, 0.15) is 30.0 Å². The fourth-order valence-corrected chi connectivity index (χ4v) is 4.19. The van der Waals surface area contributed by atoms with E-state index in [1.54, 1.807) is 0 Å². The van der Waals surface area contributed by atoms with Crippen molar-refractivity contribution in [1.82, 2.24) is 5.32 Å². The summed E-state index contributed by atoms with van der Waals surface area (Å²) >= 11 is 2.10. The molecule has 0 radical (unpaired) electrons. The van der Waals surface area contributed by atoms with Gasteiger partial charge in [0.05, 0.1) is 0 Å². The van der Waals surface area contributed by atoms with Crippen molar-refractivity contribution >= 4 is 17.4 Å². The number of thioether (sulfide) groups is 1. The number of rotatable bonds is 3. The minimum atomic E-state index is 0.566. The monoisotopic (exact) mass is 248 g/mol. The minimum Gasteiger partial charge on any atom is -0.399 e. The fourth-order valence-electron chi connectivity index (χ4n) is 2.90. The highest BCUT2D eigenvalue weighted by atomic mass is 32.2. The first-order chi connectivity index (χ1) is 8.33. The van der Waals surface area contributed by atoms with E-state index in [-0.39, 0.29) is 0 Å². The number of hydrogen-bond donors (Lipinski definition) is 2. The lowest BCUT2D eigenvalue weighted by atomic mass is 10.1. The zero-order valence-electron chi connectivity index (χ0n) is 10.1. The minimum absolute atomic E-state index is 0.566. The predicted molar refractivity (Wildman–Crippen MR) is 75.4 cm³/mol. The summed E-state index contributed by atoms with van der Waals surface area (Å²) < 4.78 is 0. The van der Waals surface area contributed by atoms with Crippen LogP contribution in [0.15, 0.2) is 18.2 Å². The number of nitrogens with two attached hydrogens (primary N) is 1. The Balaban J connectivity index is 1.63. The largest absolute Gasteiger partial charge is 0.399 e. The summed E-state index contributed by atoms with van der Waals surface area (Å²) in [6, 6.07) is 6.95. The number of benzene rings is 1. The molecule has 2 aliphatic rings. The van der Waals surface area contributed by atoms with Gasteiger partial charge in [-0.25, -0.2) is 0 Å². The number of nitrogen functional groups attached to an aromatic ring is 1. The van der Waals surface area contributed by atoms with Crippen molar-refractivity contribution in [3.8, 4) is 0 Å². The molecule has 1 aromatic carbocycles. The third-order valence-electron chi connectivity index (χ3n) is 3.92. The molecule has 3 heteroatoms. The predicted octanol–water partition coefficient (Wildman–Crippen LogP) is 2.60. The molecule has 0 aromatic heterocycles. The lowest BCUT2D eigenvalue weighted by Gasteiger charge is -2.17. The molecule has 92 valence electrons.